The Hall–Kier alpha value is -2.45. The van der Waals surface area contributed by atoms with Crippen LogP contribution in [0.15, 0.2) is 64.6 Å². The number of nitrogens with zero attached hydrogens (tertiary/aromatic N) is 2. The van der Waals surface area contributed by atoms with Gasteiger partial charge in [0.1, 0.15) is 0 Å². The zero-order valence-corrected chi connectivity index (χ0v) is 11.7. The van der Waals surface area contributed by atoms with Gasteiger partial charge in [0.05, 0.1) is 27.1 Å². The van der Waals surface area contributed by atoms with Gasteiger partial charge in [0.25, 0.3) is 0 Å². The molecule has 2 aliphatic rings. The summed E-state index contributed by atoms with van der Waals surface area (Å²) in [6.07, 6.45) is 0. The van der Waals surface area contributed by atoms with E-state index in [4.69, 9.17) is 16.6 Å². The second kappa shape index (κ2) is 3.80. The van der Waals surface area contributed by atoms with Gasteiger partial charge in [-0.3, -0.25) is 0 Å². The lowest BCUT2D eigenvalue weighted by Gasteiger charge is -2.03. The number of fused-ring (bicyclic) bond motifs is 6. The first-order chi connectivity index (χ1) is 10.3. The third-order valence-corrected chi connectivity index (χ3v) is 4.35. The third kappa shape index (κ3) is 1.38. The molecule has 3 aromatic carbocycles. The average Bonchev–Trinajstić information content (AvgIpc) is 3.06. The monoisotopic (exact) mass is 288 g/mol. The molecule has 0 saturated carbocycles. The fraction of sp³-hybridized carbons (Fsp3) is 0. The highest BCUT2D eigenvalue weighted by atomic mass is 35.5. The smallest absolute Gasteiger partial charge is 0.0924 e. The standard InChI is InChI=1S/C18H9ClN2/c19-13-9-12-10-5-1-3-7-14(10)20-17(12)16-11-6-2-4-8-15(11)21-18(13)16/h1-9H. The lowest BCUT2D eigenvalue weighted by atomic mass is 10.0. The molecule has 0 aliphatic carbocycles. The van der Waals surface area contributed by atoms with E-state index in [1.807, 2.05) is 42.5 Å². The summed E-state index contributed by atoms with van der Waals surface area (Å²) in [4.78, 5) is 9.47. The van der Waals surface area contributed by atoms with Crippen molar-refractivity contribution < 1.29 is 0 Å². The lowest BCUT2D eigenvalue weighted by molar-refractivity contribution is 1.36. The van der Waals surface area contributed by atoms with E-state index in [1.54, 1.807) is 0 Å². The molecular weight excluding hydrogens is 280 g/mol. The van der Waals surface area contributed by atoms with Crippen LogP contribution < -0.4 is 10.7 Å². The number of rotatable bonds is 0. The van der Waals surface area contributed by atoms with Crippen LogP contribution in [-0.4, -0.2) is 0 Å². The maximum Gasteiger partial charge on any atom is 0.0924 e. The van der Waals surface area contributed by atoms with E-state index >= 15 is 0 Å². The van der Waals surface area contributed by atoms with E-state index in [1.165, 1.54) is 0 Å². The van der Waals surface area contributed by atoms with E-state index in [2.05, 4.69) is 17.1 Å². The Bertz CT molecular complexity index is 1150. The van der Waals surface area contributed by atoms with E-state index < -0.39 is 0 Å². The number of hydrogen-bond donors (Lipinski definition) is 0. The molecule has 0 saturated heterocycles. The molecule has 2 aliphatic heterocycles. The Morgan fingerprint density at radius 1 is 0.810 bits per heavy atom. The van der Waals surface area contributed by atoms with Crippen LogP contribution in [-0.2, 0) is 0 Å². The normalized spacial score (nSPS) is 12.8. The van der Waals surface area contributed by atoms with Crippen molar-refractivity contribution in [1.82, 2.24) is 0 Å². The Morgan fingerprint density at radius 2 is 1.62 bits per heavy atom. The molecule has 3 heteroatoms. The summed E-state index contributed by atoms with van der Waals surface area (Å²) in [6, 6.07) is 18.3. The summed E-state index contributed by atoms with van der Waals surface area (Å²) < 4.78 is 0. The molecule has 0 atom stereocenters. The molecule has 21 heavy (non-hydrogen) atoms. The largest absolute Gasteiger partial charge is 0.247 e. The number of hydrogen-bond acceptors (Lipinski definition) is 2. The Morgan fingerprint density at radius 3 is 2.57 bits per heavy atom. The van der Waals surface area contributed by atoms with Crippen LogP contribution >= 0.6 is 11.6 Å². The van der Waals surface area contributed by atoms with Gasteiger partial charge >= 0.3 is 0 Å². The van der Waals surface area contributed by atoms with Gasteiger partial charge in [0, 0.05) is 21.6 Å². The predicted molar refractivity (Wildman–Crippen MR) is 82.6 cm³/mol. The molecule has 0 radical (unpaired) electrons. The Balaban J connectivity index is 2.07. The fourth-order valence-corrected chi connectivity index (χ4v) is 3.38. The molecule has 3 aromatic rings. The maximum atomic E-state index is 6.47. The van der Waals surface area contributed by atoms with Crippen molar-refractivity contribution in [3.8, 4) is 11.1 Å². The first-order valence-electron chi connectivity index (χ1n) is 6.82. The highest BCUT2D eigenvalue weighted by Crippen LogP contribution is 2.40. The molecule has 0 N–H and O–H groups in total. The van der Waals surface area contributed by atoms with Crippen molar-refractivity contribution in [1.29, 1.82) is 0 Å². The van der Waals surface area contributed by atoms with E-state index in [0.29, 0.717) is 5.02 Å². The van der Waals surface area contributed by atoms with Crippen molar-refractivity contribution in [3.05, 3.63) is 80.8 Å². The van der Waals surface area contributed by atoms with Gasteiger partial charge in [-0.1, -0.05) is 48.0 Å². The van der Waals surface area contributed by atoms with Crippen LogP contribution in [0.25, 0.3) is 11.1 Å². The van der Waals surface area contributed by atoms with Crippen LogP contribution in [0.4, 0.5) is 11.4 Å². The molecule has 0 aromatic heterocycles. The van der Waals surface area contributed by atoms with Gasteiger partial charge in [-0.05, 0) is 18.2 Å². The first kappa shape index (κ1) is 11.2. The molecule has 0 unspecified atom stereocenters. The number of benzene rings is 3. The molecule has 0 amide bonds. The SMILES string of the molecule is Clc1cc2c(c3c1=Nc1ccccc1-3)N=c1ccccc1=2. The van der Waals surface area contributed by atoms with Gasteiger partial charge in [0.15, 0.2) is 0 Å². The summed E-state index contributed by atoms with van der Waals surface area (Å²) in [7, 11) is 0. The molecule has 5 rings (SSSR count). The second-order valence-electron chi connectivity index (χ2n) is 5.24. The Labute approximate surface area is 125 Å². The molecule has 2 heterocycles. The van der Waals surface area contributed by atoms with Crippen LogP contribution in [0, 0.1) is 10.4 Å². The van der Waals surface area contributed by atoms with Gasteiger partial charge in [-0.25, -0.2) is 9.98 Å². The topological polar surface area (TPSA) is 24.7 Å². The van der Waals surface area contributed by atoms with Gasteiger partial charge < -0.3 is 0 Å². The van der Waals surface area contributed by atoms with Gasteiger partial charge in [0.2, 0.25) is 0 Å². The second-order valence-corrected chi connectivity index (χ2v) is 5.64. The van der Waals surface area contributed by atoms with E-state index in [-0.39, 0.29) is 0 Å². The number of para-hydroxylation sites is 2. The zero-order valence-electron chi connectivity index (χ0n) is 11.0. The maximum absolute atomic E-state index is 6.47. The minimum absolute atomic E-state index is 0.687. The molecule has 2 nitrogen and oxygen atoms in total. The van der Waals surface area contributed by atoms with Crippen molar-refractivity contribution in [3.63, 3.8) is 0 Å². The lowest BCUT2D eigenvalue weighted by Crippen LogP contribution is -2.03. The molecule has 0 fully saturated rings. The molecule has 98 valence electrons. The van der Waals surface area contributed by atoms with Crippen LogP contribution in [0.1, 0.15) is 0 Å². The molecule has 0 bridgehead atoms. The van der Waals surface area contributed by atoms with Crippen molar-refractivity contribution >= 4 is 23.0 Å². The highest BCUT2D eigenvalue weighted by Gasteiger charge is 2.21. The molecular formula is C18H9ClN2. The zero-order chi connectivity index (χ0) is 14.0. The summed E-state index contributed by atoms with van der Waals surface area (Å²) >= 11 is 6.47. The fourth-order valence-electron chi connectivity index (χ4n) is 3.14. The van der Waals surface area contributed by atoms with Gasteiger partial charge in [-0.2, -0.15) is 0 Å². The van der Waals surface area contributed by atoms with Crippen molar-refractivity contribution in [2.24, 2.45) is 9.98 Å². The van der Waals surface area contributed by atoms with Crippen LogP contribution in [0.5, 0.6) is 0 Å². The Kier molecular flexibility index (Phi) is 2.04. The summed E-state index contributed by atoms with van der Waals surface area (Å²) in [5.74, 6) is 0. The highest BCUT2D eigenvalue weighted by molar-refractivity contribution is 6.31. The van der Waals surface area contributed by atoms with Crippen LogP contribution in [0.3, 0.4) is 0 Å². The summed E-state index contributed by atoms with van der Waals surface area (Å²) in [6.45, 7) is 0. The summed E-state index contributed by atoms with van der Waals surface area (Å²) in [5, 5.41) is 4.77. The first-order valence-corrected chi connectivity index (χ1v) is 7.19. The summed E-state index contributed by atoms with van der Waals surface area (Å²) in [5.41, 5.74) is 4.13. The minimum Gasteiger partial charge on any atom is -0.247 e. The van der Waals surface area contributed by atoms with E-state index in [9.17, 15) is 0 Å². The predicted octanol–water partition coefficient (Wildman–Crippen LogP) is 3.82. The number of halogens is 1. The van der Waals surface area contributed by atoms with Gasteiger partial charge in [-0.15, -0.1) is 0 Å². The molecule has 0 spiro atoms. The van der Waals surface area contributed by atoms with Crippen molar-refractivity contribution in [2.45, 2.75) is 0 Å². The minimum atomic E-state index is 0.687. The third-order valence-electron chi connectivity index (χ3n) is 4.06. The average molecular weight is 289 g/mol. The quantitative estimate of drug-likeness (QED) is 0.414. The van der Waals surface area contributed by atoms with E-state index in [0.717, 1.165) is 43.7 Å². The van der Waals surface area contributed by atoms with Crippen LogP contribution in [0.2, 0.25) is 5.02 Å². The van der Waals surface area contributed by atoms with Crippen molar-refractivity contribution in [2.75, 3.05) is 0 Å².